The lowest BCUT2D eigenvalue weighted by atomic mass is 10.1. The number of rotatable bonds is 1. The molecule has 0 heterocycles. The zero-order valence-corrected chi connectivity index (χ0v) is 3.49. The van der Waals surface area contributed by atoms with E-state index in [9.17, 15) is 0 Å². The van der Waals surface area contributed by atoms with Crippen molar-refractivity contribution in [3.63, 3.8) is 0 Å². The predicted molar refractivity (Wildman–Crippen MR) is 28.9 cm³/mol. The molecule has 0 aliphatic heterocycles. The number of aliphatic hydroxyl groups is 1. The average Bonchev–Trinajstić information content (AvgIpc) is 2.21. The summed E-state index contributed by atoms with van der Waals surface area (Å²) in [4.78, 5) is 0. The summed E-state index contributed by atoms with van der Waals surface area (Å²) < 4.78 is 50.3. The number of hydrogen-bond acceptors (Lipinski definition) is 1. The monoisotopic (exact) mass is 103 g/mol. The molecule has 0 radical (unpaired) electrons. The highest BCUT2D eigenvalue weighted by Crippen LogP contribution is 2.00. The van der Waals surface area contributed by atoms with Crippen LogP contribution in [0.1, 0.15) is 14.6 Å². The molecule has 2 atom stereocenters. The van der Waals surface area contributed by atoms with Gasteiger partial charge in [0.15, 0.2) is 0 Å². The van der Waals surface area contributed by atoms with Crippen LogP contribution in [0.5, 0.6) is 0 Å². The molecule has 1 nitrogen and oxygen atoms in total. The Balaban J connectivity index is 3.33. The highest BCUT2D eigenvalue weighted by Gasteiger charge is 1.95. The van der Waals surface area contributed by atoms with Crippen molar-refractivity contribution in [2.24, 2.45) is 0 Å². The van der Waals surface area contributed by atoms with Crippen molar-refractivity contribution >= 4 is 0 Å². The normalized spacial score (nSPS) is 69.1. The standard InChI is InChI=1S/C6H8O/c7-6-4-2-1-3-5-6/h1-4,6-7H,5H2/i1D,2D,3D,4D,5D,6D,7D. The summed E-state index contributed by atoms with van der Waals surface area (Å²) in [6.45, 7) is 0. The summed E-state index contributed by atoms with van der Waals surface area (Å²) in [5.41, 5.74) is 0. The zero-order valence-electron chi connectivity index (χ0n) is 10.5. The lowest BCUT2D eigenvalue weighted by Gasteiger charge is -2.01. The van der Waals surface area contributed by atoms with Crippen LogP contribution in [0.2, 0.25) is 0 Å². The second-order valence-electron chi connectivity index (χ2n) is 1.03. The first-order valence-electron chi connectivity index (χ1n) is 5.27. The Morgan fingerprint density at radius 2 is 3.14 bits per heavy atom. The van der Waals surface area contributed by atoms with E-state index in [1.165, 1.54) is 0 Å². The summed E-state index contributed by atoms with van der Waals surface area (Å²) in [5, 5.41) is 3.92. The SMILES string of the molecule is [2H]OC1([2H])C([2H])=C([2H])C([2H])=C([2H])C1[2H]. The molecule has 0 aromatic rings. The van der Waals surface area contributed by atoms with E-state index < -0.39 is 36.7 Å². The highest BCUT2D eigenvalue weighted by molar-refractivity contribution is 5.11. The minimum absolute atomic E-state index is 0.560. The van der Waals surface area contributed by atoms with E-state index in [0.717, 1.165) is 0 Å². The average molecular weight is 103 g/mol. The Hall–Kier alpha value is -0.560. The van der Waals surface area contributed by atoms with E-state index in [1.54, 1.807) is 0 Å². The first-order valence-corrected chi connectivity index (χ1v) is 1.78. The fraction of sp³-hybridized carbons (Fsp3) is 0.333. The zero-order chi connectivity index (χ0) is 11.1. The van der Waals surface area contributed by atoms with Gasteiger partial charge in [-0.3, -0.25) is 0 Å². The summed E-state index contributed by atoms with van der Waals surface area (Å²) in [6.07, 6.45) is -3.99. The van der Waals surface area contributed by atoms with Crippen LogP contribution in [0.15, 0.2) is 24.2 Å². The van der Waals surface area contributed by atoms with Crippen molar-refractivity contribution in [3.05, 3.63) is 24.2 Å². The highest BCUT2D eigenvalue weighted by atomic mass is 16.3. The van der Waals surface area contributed by atoms with Gasteiger partial charge in [0.1, 0.15) is 0 Å². The molecule has 2 unspecified atom stereocenters. The van der Waals surface area contributed by atoms with E-state index in [2.05, 4.69) is 5.11 Å². The van der Waals surface area contributed by atoms with Crippen LogP contribution >= 0.6 is 0 Å². The summed E-state index contributed by atoms with van der Waals surface area (Å²) in [6, 6.07) is -2.50. The molecule has 0 saturated heterocycles. The fourth-order valence-electron chi connectivity index (χ4n) is 0.267. The Morgan fingerprint density at radius 3 is 4.00 bits per heavy atom. The topological polar surface area (TPSA) is 20.2 Å². The largest absolute Gasteiger partial charge is 0.389 e. The van der Waals surface area contributed by atoms with E-state index in [1.807, 2.05) is 0 Å². The number of hydrogen-bond donors (Lipinski definition) is 1. The molecule has 0 spiro atoms. The smallest absolute Gasteiger partial charge is 0.211 e. The van der Waals surface area contributed by atoms with Gasteiger partial charge in [0, 0.05) is 1.37 Å². The van der Waals surface area contributed by atoms with Crippen molar-refractivity contribution < 1.29 is 13.3 Å². The molecule has 1 heteroatoms. The molecule has 0 aromatic carbocycles. The van der Waals surface area contributed by atoms with Crippen molar-refractivity contribution in [1.29, 1.82) is 1.43 Å². The Morgan fingerprint density at radius 1 is 2.14 bits per heavy atom. The summed E-state index contributed by atoms with van der Waals surface area (Å²) >= 11 is 0. The maximum atomic E-state index is 7.43. The van der Waals surface area contributed by atoms with Crippen LogP contribution in [0.25, 0.3) is 0 Å². The molecule has 1 aliphatic rings. The van der Waals surface area contributed by atoms with Crippen LogP contribution < -0.4 is 0 Å². The first kappa shape index (κ1) is 1.06. The van der Waals surface area contributed by atoms with Gasteiger partial charge in [-0.1, -0.05) is 24.2 Å². The number of allylic oxidation sites excluding steroid dienone is 2. The van der Waals surface area contributed by atoms with Gasteiger partial charge in [-0.25, -0.2) is 0 Å². The van der Waals surface area contributed by atoms with Crippen LogP contribution in [0, 0.1) is 0 Å². The van der Waals surface area contributed by atoms with Crippen LogP contribution in [-0.4, -0.2) is 12.6 Å². The summed E-state index contributed by atoms with van der Waals surface area (Å²) in [7, 11) is 0. The van der Waals surface area contributed by atoms with Gasteiger partial charge in [-0.05, 0) is 6.40 Å². The van der Waals surface area contributed by atoms with Gasteiger partial charge < -0.3 is 5.11 Å². The lowest BCUT2D eigenvalue weighted by molar-refractivity contribution is 0.225. The minimum atomic E-state index is -2.36. The van der Waals surface area contributed by atoms with Gasteiger partial charge in [-0.15, -0.1) is 0 Å². The molecule has 1 rings (SSSR count). The predicted octanol–water partition coefficient (Wildman–Crippen LogP) is 0.863. The molecule has 0 amide bonds. The second kappa shape index (κ2) is 1.94. The first-order chi connectivity index (χ1) is 6.36. The van der Waals surface area contributed by atoms with Gasteiger partial charge in [0.05, 0.1) is 12.9 Å². The third-order valence-corrected chi connectivity index (χ3v) is 0.524. The molecular formula is C6H8O. The van der Waals surface area contributed by atoms with Gasteiger partial charge >= 0.3 is 0 Å². The molecule has 0 bridgehead atoms. The maximum absolute atomic E-state index is 7.43. The van der Waals surface area contributed by atoms with Gasteiger partial charge in [-0.2, -0.15) is 0 Å². The fourth-order valence-corrected chi connectivity index (χ4v) is 0.267. The lowest BCUT2D eigenvalue weighted by Crippen LogP contribution is -2.00. The van der Waals surface area contributed by atoms with Crippen LogP contribution in [0.4, 0.5) is 0 Å². The maximum Gasteiger partial charge on any atom is 0.211 e. The second-order valence-corrected chi connectivity index (χ2v) is 1.03. The van der Waals surface area contributed by atoms with Gasteiger partial charge in [0.2, 0.25) is 1.43 Å². The van der Waals surface area contributed by atoms with E-state index in [4.69, 9.17) is 9.66 Å². The quantitative estimate of drug-likeness (QED) is 0.522. The van der Waals surface area contributed by atoms with E-state index in [-0.39, 0.29) is 0 Å². The van der Waals surface area contributed by atoms with E-state index in [0.29, 0.717) is 0 Å². The molecule has 7 heavy (non-hydrogen) atoms. The van der Waals surface area contributed by atoms with Crippen LogP contribution in [0.3, 0.4) is 0 Å². The van der Waals surface area contributed by atoms with Crippen molar-refractivity contribution in [2.45, 2.75) is 12.5 Å². The minimum Gasteiger partial charge on any atom is -0.389 e. The van der Waals surface area contributed by atoms with E-state index >= 15 is 0 Å². The third-order valence-electron chi connectivity index (χ3n) is 0.524. The van der Waals surface area contributed by atoms with Crippen molar-refractivity contribution in [1.82, 2.24) is 0 Å². The molecular weight excluding hydrogens is 88.1 g/mol. The van der Waals surface area contributed by atoms with Crippen molar-refractivity contribution in [3.8, 4) is 0 Å². The van der Waals surface area contributed by atoms with Gasteiger partial charge in [0.25, 0.3) is 0 Å². The third kappa shape index (κ3) is 1.16. The Bertz CT molecular complexity index is 322. The Kier molecular flexibility index (Phi) is 0.292. The molecule has 1 aliphatic carbocycles. The molecule has 38 valence electrons. The molecule has 1 N–H and O–H groups in total. The summed E-state index contributed by atoms with van der Waals surface area (Å²) in [5.74, 6) is 0. The molecule has 0 aromatic heterocycles. The molecule has 0 saturated carbocycles. The molecule has 0 fully saturated rings. The van der Waals surface area contributed by atoms with Crippen LogP contribution in [-0.2, 0) is 0 Å². The Labute approximate surface area is 52.9 Å². The van der Waals surface area contributed by atoms with Crippen molar-refractivity contribution in [2.75, 3.05) is 0 Å².